The molecule has 1 aromatic carbocycles. The van der Waals surface area contributed by atoms with Gasteiger partial charge < -0.3 is 5.32 Å². The number of hydrogen-bond donors (Lipinski definition) is 1. The van der Waals surface area contributed by atoms with Crippen LogP contribution in [0.2, 0.25) is 0 Å². The van der Waals surface area contributed by atoms with Crippen LogP contribution in [-0.4, -0.2) is 74.7 Å². The first-order valence-electron chi connectivity index (χ1n) is 11.3. The number of fused-ring (bicyclic) bond motifs is 1. The molecule has 4 rings (SSSR count). The van der Waals surface area contributed by atoms with E-state index in [-0.39, 0.29) is 4.90 Å². The molecule has 3 aliphatic rings. The summed E-state index contributed by atoms with van der Waals surface area (Å²) >= 11 is 0. The van der Waals surface area contributed by atoms with Crippen LogP contribution >= 0.6 is 0 Å². The molecule has 1 amide bonds. The van der Waals surface area contributed by atoms with Crippen LogP contribution < -0.4 is 5.32 Å². The summed E-state index contributed by atoms with van der Waals surface area (Å²) < 4.78 is 52.0. The van der Waals surface area contributed by atoms with Gasteiger partial charge in [-0.15, -0.1) is 0 Å². The molecule has 32 heavy (non-hydrogen) atoms. The van der Waals surface area contributed by atoms with E-state index in [0.29, 0.717) is 13.0 Å². The van der Waals surface area contributed by atoms with Crippen LogP contribution in [0.15, 0.2) is 29.2 Å². The Morgan fingerprint density at radius 2 is 1.69 bits per heavy atom. The molecule has 3 heterocycles. The van der Waals surface area contributed by atoms with E-state index >= 15 is 0 Å². The molecule has 3 saturated heterocycles. The lowest BCUT2D eigenvalue weighted by Gasteiger charge is -2.35. The van der Waals surface area contributed by atoms with Gasteiger partial charge in [0.2, 0.25) is 10.0 Å². The number of carbonyl (C=O) groups excluding carboxylic acids is 1. The molecular formula is C22H33N3O5S2. The van der Waals surface area contributed by atoms with E-state index in [4.69, 9.17) is 0 Å². The zero-order chi connectivity index (χ0) is 23.3. The Morgan fingerprint density at radius 1 is 1.06 bits per heavy atom. The number of amides is 1. The number of hydrogen-bond acceptors (Lipinski definition) is 7. The van der Waals surface area contributed by atoms with Gasteiger partial charge in [-0.3, -0.25) is 9.69 Å². The second kappa shape index (κ2) is 8.38. The predicted molar refractivity (Wildman–Crippen MR) is 122 cm³/mol. The summed E-state index contributed by atoms with van der Waals surface area (Å²) in [7, 11) is -8.08. The Kier molecular flexibility index (Phi) is 6.19. The van der Waals surface area contributed by atoms with Crippen molar-refractivity contribution in [2.24, 2.45) is 5.92 Å². The molecule has 0 bridgehead atoms. The summed E-state index contributed by atoms with van der Waals surface area (Å²) in [5.74, 6) is -1.45. The van der Waals surface area contributed by atoms with Crippen molar-refractivity contribution in [1.29, 1.82) is 0 Å². The Bertz CT molecular complexity index is 1080. The van der Waals surface area contributed by atoms with E-state index in [9.17, 15) is 21.6 Å². The van der Waals surface area contributed by atoms with Gasteiger partial charge in [0.1, 0.15) is 0 Å². The lowest BCUT2D eigenvalue weighted by molar-refractivity contribution is -0.127. The van der Waals surface area contributed by atoms with Gasteiger partial charge in [0, 0.05) is 6.54 Å². The van der Waals surface area contributed by atoms with Crippen LogP contribution in [0, 0.1) is 5.92 Å². The standard InChI is InChI=1S/C22H33N3O5S2/c1-16(2)22(20-19(11-12-23-20)25(21(22)26)31(3,27)28)32(29,30)18-9-7-17(8-10-18)15-24-13-5-4-6-14-24/h7-10,16,19-20,23H,4-6,11-15H2,1-3H3/t19-,20+,22+/m0/s1. The third kappa shape index (κ3) is 3.59. The number of nitrogens with zero attached hydrogens (tertiary/aromatic N) is 2. The average molecular weight is 484 g/mol. The molecule has 1 aromatic rings. The molecule has 0 spiro atoms. The summed E-state index contributed by atoms with van der Waals surface area (Å²) in [6.45, 7) is 6.68. The van der Waals surface area contributed by atoms with E-state index in [0.717, 1.165) is 35.8 Å². The zero-order valence-electron chi connectivity index (χ0n) is 19.0. The normalized spacial score (nSPS) is 29.6. The van der Waals surface area contributed by atoms with Gasteiger partial charge in [-0.2, -0.15) is 0 Å². The maximum absolute atomic E-state index is 14.0. The summed E-state index contributed by atoms with van der Waals surface area (Å²) in [6, 6.07) is 5.29. The van der Waals surface area contributed by atoms with Gasteiger partial charge in [-0.25, -0.2) is 21.1 Å². The van der Waals surface area contributed by atoms with E-state index < -0.39 is 48.5 Å². The van der Waals surface area contributed by atoms with Gasteiger partial charge in [-0.05, 0) is 62.5 Å². The molecule has 0 aliphatic carbocycles. The Balaban J connectivity index is 1.72. The lowest BCUT2D eigenvalue weighted by Crippen LogP contribution is -2.60. The third-order valence-electron chi connectivity index (χ3n) is 7.23. The first kappa shape index (κ1) is 23.7. The van der Waals surface area contributed by atoms with Crippen molar-refractivity contribution < 1.29 is 21.6 Å². The number of sulfone groups is 1. The monoisotopic (exact) mass is 483 g/mol. The fourth-order valence-corrected chi connectivity index (χ4v) is 9.41. The molecule has 178 valence electrons. The fourth-order valence-electron chi connectivity index (χ4n) is 5.78. The van der Waals surface area contributed by atoms with E-state index in [1.54, 1.807) is 26.0 Å². The zero-order valence-corrected chi connectivity index (χ0v) is 20.6. The van der Waals surface area contributed by atoms with Crippen molar-refractivity contribution in [3.63, 3.8) is 0 Å². The molecule has 3 atom stereocenters. The van der Waals surface area contributed by atoms with Crippen molar-refractivity contribution >= 4 is 25.8 Å². The second-order valence-electron chi connectivity index (χ2n) is 9.58. The van der Waals surface area contributed by atoms with Gasteiger partial charge in [-0.1, -0.05) is 32.4 Å². The van der Waals surface area contributed by atoms with E-state index in [1.165, 1.54) is 19.3 Å². The third-order valence-corrected chi connectivity index (χ3v) is 11.1. The fraction of sp³-hybridized carbons (Fsp3) is 0.682. The number of sulfonamides is 1. The van der Waals surface area contributed by atoms with Gasteiger partial charge in [0.25, 0.3) is 5.91 Å². The number of rotatable bonds is 6. The highest BCUT2D eigenvalue weighted by molar-refractivity contribution is 7.94. The molecule has 3 fully saturated rings. The maximum atomic E-state index is 14.0. The highest BCUT2D eigenvalue weighted by atomic mass is 32.2. The van der Waals surface area contributed by atoms with Crippen LogP contribution in [0.4, 0.5) is 0 Å². The first-order chi connectivity index (χ1) is 15.0. The van der Waals surface area contributed by atoms with Crippen molar-refractivity contribution in [1.82, 2.24) is 14.5 Å². The Hall–Kier alpha value is -1.49. The molecule has 8 nitrogen and oxygen atoms in total. The average Bonchev–Trinajstić information content (AvgIpc) is 3.26. The van der Waals surface area contributed by atoms with E-state index in [2.05, 4.69) is 10.2 Å². The molecule has 0 radical (unpaired) electrons. The molecule has 3 aliphatic heterocycles. The Labute approximate surface area is 191 Å². The molecular weight excluding hydrogens is 450 g/mol. The number of likely N-dealkylation sites (tertiary alicyclic amines) is 1. The summed E-state index contributed by atoms with van der Waals surface area (Å²) in [6.07, 6.45) is 4.98. The van der Waals surface area contributed by atoms with Crippen LogP contribution in [-0.2, 0) is 31.2 Å². The quantitative estimate of drug-likeness (QED) is 0.652. The van der Waals surface area contributed by atoms with Crippen molar-refractivity contribution in [2.75, 3.05) is 25.9 Å². The highest BCUT2D eigenvalue weighted by Crippen LogP contribution is 2.47. The summed E-state index contributed by atoms with van der Waals surface area (Å²) in [5, 5.41) is 3.15. The molecule has 0 aromatic heterocycles. The minimum atomic E-state index is -4.18. The van der Waals surface area contributed by atoms with Crippen LogP contribution in [0.5, 0.6) is 0 Å². The van der Waals surface area contributed by atoms with Gasteiger partial charge in [0.15, 0.2) is 14.6 Å². The van der Waals surface area contributed by atoms with Gasteiger partial charge >= 0.3 is 0 Å². The largest absolute Gasteiger partial charge is 0.310 e. The molecule has 0 saturated carbocycles. The summed E-state index contributed by atoms with van der Waals surface area (Å²) in [4.78, 5) is 16.0. The molecule has 0 unspecified atom stereocenters. The smallest absolute Gasteiger partial charge is 0.260 e. The minimum absolute atomic E-state index is 0.0599. The molecule has 10 heteroatoms. The maximum Gasteiger partial charge on any atom is 0.260 e. The van der Waals surface area contributed by atoms with Crippen molar-refractivity contribution in [3.8, 4) is 0 Å². The first-order valence-corrected chi connectivity index (χ1v) is 14.7. The van der Waals surface area contributed by atoms with Gasteiger partial charge in [0.05, 0.1) is 23.2 Å². The van der Waals surface area contributed by atoms with Crippen molar-refractivity contribution in [2.45, 2.75) is 67.8 Å². The van der Waals surface area contributed by atoms with Crippen molar-refractivity contribution in [3.05, 3.63) is 29.8 Å². The SMILES string of the molecule is CC(C)[C@]1(S(=O)(=O)c2ccc(CN3CCCCC3)cc2)C(=O)N(S(C)(=O)=O)[C@H]2CCN[C@H]21. The predicted octanol–water partition coefficient (Wildman–Crippen LogP) is 1.37. The van der Waals surface area contributed by atoms with E-state index in [1.807, 2.05) is 12.1 Å². The number of piperidine rings is 1. The number of carbonyl (C=O) groups is 1. The minimum Gasteiger partial charge on any atom is -0.310 e. The van der Waals surface area contributed by atoms with Crippen LogP contribution in [0.1, 0.15) is 45.1 Å². The lowest BCUT2D eigenvalue weighted by atomic mass is 9.87. The highest BCUT2D eigenvalue weighted by Gasteiger charge is 2.70. The number of benzene rings is 1. The Morgan fingerprint density at radius 3 is 2.25 bits per heavy atom. The number of nitrogens with one attached hydrogen (secondary N) is 1. The summed E-state index contributed by atoms with van der Waals surface area (Å²) in [5.41, 5.74) is 1.02. The van der Waals surface area contributed by atoms with Crippen LogP contribution in [0.25, 0.3) is 0 Å². The second-order valence-corrected chi connectivity index (χ2v) is 13.6. The topological polar surface area (TPSA) is 104 Å². The molecule has 1 N–H and O–H groups in total. The van der Waals surface area contributed by atoms with Crippen LogP contribution in [0.3, 0.4) is 0 Å².